The molecule has 0 amide bonds. The van der Waals surface area contributed by atoms with Crippen LogP contribution in [0.2, 0.25) is 0 Å². The molecule has 3 nitrogen and oxygen atoms in total. The Bertz CT molecular complexity index is 2470. The lowest BCUT2D eigenvalue weighted by atomic mass is 9.74. The number of benzene rings is 7. The van der Waals surface area contributed by atoms with Crippen molar-refractivity contribution in [3.63, 3.8) is 0 Å². The normalized spacial score (nSPS) is 11.1. The first-order valence-corrected chi connectivity index (χ1v) is 16.8. The van der Waals surface area contributed by atoms with E-state index < -0.39 is 5.97 Å². The summed E-state index contributed by atoms with van der Waals surface area (Å²) in [6.07, 6.45) is 2.13. The molecule has 1 heterocycles. The number of aromatic carboxylic acids is 1. The number of fused-ring (bicyclic) bond motifs is 1. The predicted molar refractivity (Wildman–Crippen MR) is 202 cm³/mol. The van der Waals surface area contributed by atoms with Crippen LogP contribution < -0.4 is 9.67 Å². The highest BCUT2D eigenvalue weighted by molar-refractivity contribution is 6.17. The lowest BCUT2D eigenvalue weighted by molar-refractivity contribution is -0.644. The van der Waals surface area contributed by atoms with E-state index in [1.54, 1.807) is 12.1 Å². The standard InChI is InChI=1S/C47H33NO2/c1-48-31-30-39(38-24-14-15-25-40(38)48)46-44(35-22-12-5-13-23-35)42(33-18-8-3-9-19-33)41(32-16-6-2-7-17-32)43(34-20-10-4-11-21-34)45(46)36-26-28-37(29-27-36)47(49)50/h2-31H,1H3. The van der Waals surface area contributed by atoms with Crippen LogP contribution in [0.15, 0.2) is 182 Å². The smallest absolute Gasteiger partial charge is 0.212 e. The average molecular weight is 644 g/mol. The van der Waals surface area contributed by atoms with Crippen molar-refractivity contribution >= 4 is 16.9 Å². The molecule has 0 radical (unpaired) electrons. The molecule has 0 saturated carbocycles. The summed E-state index contributed by atoms with van der Waals surface area (Å²) < 4.78 is 2.16. The van der Waals surface area contributed by atoms with Crippen LogP contribution in [0, 0.1) is 0 Å². The summed E-state index contributed by atoms with van der Waals surface area (Å²) in [5.74, 6) is -1.20. The molecule has 8 aromatic rings. The molecule has 0 atom stereocenters. The van der Waals surface area contributed by atoms with Gasteiger partial charge in [-0.1, -0.05) is 158 Å². The fraction of sp³-hybridized carbons (Fsp3) is 0.0213. The van der Waals surface area contributed by atoms with Crippen molar-refractivity contribution in [2.45, 2.75) is 0 Å². The number of rotatable bonds is 7. The van der Waals surface area contributed by atoms with Crippen LogP contribution in [0.25, 0.3) is 77.7 Å². The second-order valence-corrected chi connectivity index (χ2v) is 12.4. The van der Waals surface area contributed by atoms with Gasteiger partial charge in [0.1, 0.15) is 7.05 Å². The van der Waals surface area contributed by atoms with Crippen molar-refractivity contribution in [1.82, 2.24) is 0 Å². The number of carbonyl (C=O) groups excluding carboxylic acids is 1. The fourth-order valence-electron chi connectivity index (χ4n) is 7.24. The van der Waals surface area contributed by atoms with Crippen LogP contribution in [0.3, 0.4) is 0 Å². The highest BCUT2D eigenvalue weighted by Crippen LogP contribution is 2.56. The summed E-state index contributed by atoms with van der Waals surface area (Å²) in [7, 11) is 2.08. The molecule has 0 N–H and O–H groups in total. The Labute approximate surface area is 292 Å². The zero-order valence-corrected chi connectivity index (χ0v) is 27.6. The third-order valence-electron chi connectivity index (χ3n) is 9.47. The number of hydrogen-bond acceptors (Lipinski definition) is 2. The summed E-state index contributed by atoms with van der Waals surface area (Å²) >= 11 is 0. The Hall–Kier alpha value is -6.58. The first kappa shape index (κ1) is 30.7. The lowest BCUT2D eigenvalue weighted by Crippen LogP contribution is -2.28. The maximum atomic E-state index is 12.0. The summed E-state index contributed by atoms with van der Waals surface area (Å²) in [5.41, 5.74) is 14.1. The van der Waals surface area contributed by atoms with Gasteiger partial charge in [0.15, 0.2) is 6.20 Å². The number of aryl methyl sites for hydroxylation is 1. The van der Waals surface area contributed by atoms with Crippen molar-refractivity contribution in [2.75, 3.05) is 0 Å². The quantitative estimate of drug-likeness (QED) is 0.162. The highest BCUT2D eigenvalue weighted by Gasteiger charge is 2.30. The molecular formula is C47H33NO2. The number of para-hydroxylation sites is 1. The molecule has 0 unspecified atom stereocenters. The maximum Gasteiger partial charge on any atom is 0.212 e. The molecule has 0 fully saturated rings. The third-order valence-corrected chi connectivity index (χ3v) is 9.47. The molecule has 50 heavy (non-hydrogen) atoms. The molecule has 0 aliphatic carbocycles. The summed E-state index contributed by atoms with van der Waals surface area (Å²) in [6, 6.07) is 60.3. The minimum Gasteiger partial charge on any atom is -0.545 e. The van der Waals surface area contributed by atoms with Crippen molar-refractivity contribution in [3.05, 3.63) is 188 Å². The average Bonchev–Trinajstić information content (AvgIpc) is 3.18. The van der Waals surface area contributed by atoms with E-state index in [0.717, 1.165) is 77.7 Å². The van der Waals surface area contributed by atoms with Crippen molar-refractivity contribution in [3.8, 4) is 66.8 Å². The van der Waals surface area contributed by atoms with E-state index in [2.05, 4.69) is 163 Å². The fourth-order valence-corrected chi connectivity index (χ4v) is 7.24. The third kappa shape index (κ3) is 5.45. The van der Waals surface area contributed by atoms with Gasteiger partial charge in [0.2, 0.25) is 5.52 Å². The Kier molecular flexibility index (Phi) is 8.08. The van der Waals surface area contributed by atoms with Crippen molar-refractivity contribution in [2.24, 2.45) is 7.05 Å². The van der Waals surface area contributed by atoms with E-state index in [4.69, 9.17) is 0 Å². The van der Waals surface area contributed by atoms with E-state index >= 15 is 0 Å². The summed E-state index contributed by atoms with van der Waals surface area (Å²) in [4.78, 5) is 12.0. The Balaban J connectivity index is 1.71. The van der Waals surface area contributed by atoms with Gasteiger partial charge in [0.05, 0.1) is 11.4 Å². The Morgan fingerprint density at radius 2 is 0.780 bits per heavy atom. The second-order valence-electron chi connectivity index (χ2n) is 12.4. The van der Waals surface area contributed by atoms with E-state index in [0.29, 0.717) is 0 Å². The monoisotopic (exact) mass is 643 g/mol. The zero-order chi connectivity index (χ0) is 34.0. The largest absolute Gasteiger partial charge is 0.545 e. The van der Waals surface area contributed by atoms with Gasteiger partial charge in [0.25, 0.3) is 0 Å². The minimum absolute atomic E-state index is 0.140. The number of carbonyl (C=O) groups is 1. The summed E-state index contributed by atoms with van der Waals surface area (Å²) in [6.45, 7) is 0. The maximum absolute atomic E-state index is 12.0. The van der Waals surface area contributed by atoms with Gasteiger partial charge in [-0.25, -0.2) is 4.57 Å². The Morgan fingerprint density at radius 1 is 0.420 bits per heavy atom. The van der Waals surface area contributed by atoms with Gasteiger partial charge in [-0.05, 0) is 72.8 Å². The molecule has 0 bridgehead atoms. The molecular weight excluding hydrogens is 611 g/mol. The van der Waals surface area contributed by atoms with Crippen LogP contribution in [0.4, 0.5) is 0 Å². The number of hydrogen-bond donors (Lipinski definition) is 0. The van der Waals surface area contributed by atoms with E-state index in [1.165, 1.54) is 0 Å². The topological polar surface area (TPSA) is 44.0 Å². The van der Waals surface area contributed by atoms with Crippen LogP contribution in [0.1, 0.15) is 10.4 Å². The van der Waals surface area contributed by atoms with E-state index in [9.17, 15) is 9.90 Å². The van der Waals surface area contributed by atoms with Gasteiger partial charge in [-0.3, -0.25) is 0 Å². The molecule has 0 aliphatic heterocycles. The van der Waals surface area contributed by atoms with Crippen LogP contribution in [-0.4, -0.2) is 5.97 Å². The molecule has 1 aromatic heterocycles. The summed E-state index contributed by atoms with van der Waals surface area (Å²) in [5, 5.41) is 13.1. The Morgan fingerprint density at radius 3 is 1.20 bits per heavy atom. The van der Waals surface area contributed by atoms with E-state index in [-0.39, 0.29) is 5.56 Å². The van der Waals surface area contributed by atoms with Gasteiger partial charge in [-0.15, -0.1) is 0 Å². The number of carboxylic acids is 1. The predicted octanol–water partition coefficient (Wildman–Crippen LogP) is 10.0. The van der Waals surface area contributed by atoms with Gasteiger partial charge < -0.3 is 9.90 Å². The van der Waals surface area contributed by atoms with Gasteiger partial charge >= 0.3 is 0 Å². The first-order valence-electron chi connectivity index (χ1n) is 16.8. The number of nitrogens with zero attached hydrogens (tertiary/aromatic N) is 1. The molecule has 0 saturated heterocycles. The second kappa shape index (κ2) is 13.1. The zero-order valence-electron chi connectivity index (χ0n) is 27.6. The van der Waals surface area contributed by atoms with Crippen LogP contribution in [-0.2, 0) is 7.05 Å². The first-order chi connectivity index (χ1) is 24.6. The number of aromatic nitrogens is 1. The minimum atomic E-state index is -1.20. The van der Waals surface area contributed by atoms with Crippen LogP contribution in [0.5, 0.6) is 0 Å². The molecule has 0 spiro atoms. The molecule has 8 rings (SSSR count). The van der Waals surface area contributed by atoms with Gasteiger partial charge in [0, 0.05) is 17.7 Å². The highest BCUT2D eigenvalue weighted by atomic mass is 16.4. The molecule has 0 aliphatic rings. The number of carboxylic acid groups (broad SMARTS) is 1. The van der Waals surface area contributed by atoms with E-state index in [1.807, 2.05) is 18.2 Å². The van der Waals surface area contributed by atoms with Crippen molar-refractivity contribution < 1.29 is 14.5 Å². The number of pyridine rings is 1. The van der Waals surface area contributed by atoms with Crippen molar-refractivity contribution in [1.29, 1.82) is 0 Å². The molecule has 3 heteroatoms. The van der Waals surface area contributed by atoms with Gasteiger partial charge in [-0.2, -0.15) is 0 Å². The SMILES string of the molecule is C[n+]1ccc(-c2c(-c3ccccc3)c(-c3ccccc3)c(-c3ccccc3)c(-c3ccccc3)c2-c2ccc(C(=O)[O-])cc2)c2ccccc21. The molecule has 7 aromatic carbocycles. The van der Waals surface area contributed by atoms with Crippen LogP contribution >= 0.6 is 0 Å². The molecule has 238 valence electrons. The lowest BCUT2D eigenvalue weighted by Gasteiger charge is -2.29.